The summed E-state index contributed by atoms with van der Waals surface area (Å²) in [4.78, 5) is 16.5. The van der Waals surface area contributed by atoms with Crippen LogP contribution in [0.2, 0.25) is 10.4 Å². The average molecular weight is 264 g/mol. The van der Waals surface area contributed by atoms with Gasteiger partial charge in [0.1, 0.15) is 0 Å². The van der Waals surface area contributed by atoms with Gasteiger partial charge in [-0.1, -0.05) is 11.6 Å². The Morgan fingerprint density at radius 2 is 2.06 bits per heavy atom. The summed E-state index contributed by atoms with van der Waals surface area (Å²) in [5.41, 5.74) is 5.14. The number of anilines is 1. The Morgan fingerprint density at radius 3 is 2.56 bits per heavy atom. The first-order valence-electron chi connectivity index (χ1n) is 4.52. The van der Waals surface area contributed by atoms with Gasteiger partial charge in [0.2, 0.25) is 11.2 Å². The first-order valence-corrected chi connectivity index (χ1v) is 5.28. The van der Waals surface area contributed by atoms with Crippen LogP contribution < -0.4 is 10.6 Å². The van der Waals surface area contributed by atoms with E-state index in [2.05, 4.69) is 15.2 Å². The number of carbonyl (C=O) groups is 1. The molecule has 0 fully saturated rings. The van der Waals surface area contributed by atoms with E-state index in [0.717, 1.165) is 0 Å². The highest BCUT2D eigenvalue weighted by Gasteiger charge is 2.19. The minimum absolute atomic E-state index is 0.00753. The molecule has 0 spiro atoms. The third-order valence-electron chi connectivity index (χ3n) is 1.82. The maximum absolute atomic E-state index is 10.9. The van der Waals surface area contributed by atoms with E-state index in [-0.39, 0.29) is 23.0 Å². The first kappa shape index (κ1) is 12.9. The molecule has 1 aromatic rings. The summed E-state index contributed by atoms with van der Waals surface area (Å²) in [5.74, 6) is -0.185. The molecule has 6 nitrogen and oxygen atoms in total. The largest absolute Gasteiger partial charge is 0.368 e. The topological polar surface area (TPSA) is 85.0 Å². The van der Waals surface area contributed by atoms with Crippen LogP contribution in [0.15, 0.2) is 0 Å². The molecule has 0 saturated heterocycles. The van der Waals surface area contributed by atoms with Crippen molar-refractivity contribution in [2.24, 2.45) is 5.73 Å². The number of primary amides is 1. The number of rotatable bonds is 4. The van der Waals surface area contributed by atoms with E-state index in [9.17, 15) is 4.79 Å². The molecule has 1 rings (SSSR count). The average Bonchev–Trinajstić information content (AvgIpc) is 2.18. The second-order valence-corrected chi connectivity index (χ2v) is 4.08. The number of amides is 1. The zero-order chi connectivity index (χ0) is 12.3. The molecular formula is C8H11Cl2N5O. The lowest BCUT2D eigenvalue weighted by molar-refractivity contribution is -0.116. The number of hydrogen-bond donors (Lipinski definition) is 1. The first-order chi connectivity index (χ1) is 7.41. The fraction of sp³-hybridized carbons (Fsp3) is 0.500. The molecule has 16 heavy (non-hydrogen) atoms. The van der Waals surface area contributed by atoms with Gasteiger partial charge in [-0.3, -0.25) is 4.79 Å². The summed E-state index contributed by atoms with van der Waals surface area (Å²) in [5, 5.41) is 7.16. The number of nitrogens with two attached hydrogens (primary N) is 1. The van der Waals surface area contributed by atoms with Gasteiger partial charge in [-0.05, 0) is 25.4 Å². The quantitative estimate of drug-likeness (QED) is 0.872. The second-order valence-electron chi connectivity index (χ2n) is 3.38. The highest BCUT2D eigenvalue weighted by atomic mass is 35.5. The summed E-state index contributed by atoms with van der Waals surface area (Å²) < 4.78 is 0. The number of aromatic nitrogens is 3. The SMILES string of the molecule is CC(C)N(CC(N)=O)c1nc(Cl)nnc1Cl. The highest BCUT2D eigenvalue weighted by molar-refractivity contribution is 6.32. The van der Waals surface area contributed by atoms with E-state index < -0.39 is 5.91 Å². The van der Waals surface area contributed by atoms with Crippen LogP contribution in [0.4, 0.5) is 5.82 Å². The molecule has 0 unspecified atom stereocenters. The van der Waals surface area contributed by atoms with Crippen LogP contribution >= 0.6 is 23.2 Å². The van der Waals surface area contributed by atoms with Crippen molar-refractivity contribution in [3.8, 4) is 0 Å². The number of nitrogens with zero attached hydrogens (tertiary/aromatic N) is 4. The van der Waals surface area contributed by atoms with Gasteiger partial charge in [0.15, 0.2) is 11.0 Å². The predicted octanol–water partition coefficient (Wildman–Crippen LogP) is 0.878. The van der Waals surface area contributed by atoms with E-state index in [1.165, 1.54) is 0 Å². The fourth-order valence-corrected chi connectivity index (χ4v) is 1.44. The third kappa shape index (κ3) is 3.18. The molecule has 88 valence electrons. The summed E-state index contributed by atoms with van der Waals surface area (Å²) in [7, 11) is 0. The van der Waals surface area contributed by atoms with Crippen LogP contribution in [-0.2, 0) is 4.79 Å². The third-order valence-corrected chi connectivity index (χ3v) is 2.23. The van der Waals surface area contributed by atoms with Crippen molar-refractivity contribution < 1.29 is 4.79 Å². The molecule has 0 aliphatic heterocycles. The van der Waals surface area contributed by atoms with Crippen LogP contribution in [0.3, 0.4) is 0 Å². The summed E-state index contributed by atoms with van der Waals surface area (Å²) in [6, 6.07) is -0.0160. The molecule has 1 amide bonds. The summed E-state index contributed by atoms with van der Waals surface area (Å²) in [6.45, 7) is 3.73. The number of halogens is 2. The van der Waals surface area contributed by atoms with Crippen molar-refractivity contribution in [2.75, 3.05) is 11.4 Å². The molecule has 0 bridgehead atoms. The minimum Gasteiger partial charge on any atom is -0.368 e. The van der Waals surface area contributed by atoms with Gasteiger partial charge in [0.05, 0.1) is 6.54 Å². The van der Waals surface area contributed by atoms with Crippen LogP contribution in [0.25, 0.3) is 0 Å². The van der Waals surface area contributed by atoms with E-state index >= 15 is 0 Å². The lowest BCUT2D eigenvalue weighted by atomic mass is 10.3. The lowest BCUT2D eigenvalue weighted by Gasteiger charge is -2.26. The Hall–Kier alpha value is -1.14. The molecular weight excluding hydrogens is 253 g/mol. The zero-order valence-corrected chi connectivity index (χ0v) is 10.3. The molecule has 0 saturated carbocycles. The van der Waals surface area contributed by atoms with E-state index in [1.807, 2.05) is 13.8 Å². The van der Waals surface area contributed by atoms with Crippen LogP contribution in [0.1, 0.15) is 13.8 Å². The van der Waals surface area contributed by atoms with Crippen LogP contribution in [-0.4, -0.2) is 33.7 Å². The van der Waals surface area contributed by atoms with E-state index in [1.54, 1.807) is 4.90 Å². The number of carbonyl (C=O) groups excluding carboxylic acids is 1. The van der Waals surface area contributed by atoms with Crippen molar-refractivity contribution in [1.82, 2.24) is 15.2 Å². The van der Waals surface area contributed by atoms with Crippen molar-refractivity contribution in [3.05, 3.63) is 10.4 Å². The van der Waals surface area contributed by atoms with Gasteiger partial charge in [-0.15, -0.1) is 10.2 Å². The van der Waals surface area contributed by atoms with Crippen molar-refractivity contribution in [2.45, 2.75) is 19.9 Å². The summed E-state index contributed by atoms with van der Waals surface area (Å²) in [6.07, 6.45) is 0. The number of hydrogen-bond acceptors (Lipinski definition) is 5. The molecule has 0 aromatic carbocycles. The van der Waals surface area contributed by atoms with Crippen LogP contribution in [0.5, 0.6) is 0 Å². The Labute approximate surface area is 103 Å². The molecule has 1 aromatic heterocycles. The predicted molar refractivity (Wildman–Crippen MR) is 61.5 cm³/mol. The molecule has 0 atom stereocenters. The lowest BCUT2D eigenvalue weighted by Crippen LogP contribution is -2.39. The Balaban J connectivity index is 3.09. The highest BCUT2D eigenvalue weighted by Crippen LogP contribution is 2.22. The molecule has 0 aliphatic carbocycles. The van der Waals surface area contributed by atoms with E-state index in [0.29, 0.717) is 5.82 Å². The van der Waals surface area contributed by atoms with Gasteiger partial charge in [0, 0.05) is 6.04 Å². The Bertz CT molecular complexity index is 398. The van der Waals surface area contributed by atoms with Crippen molar-refractivity contribution in [1.29, 1.82) is 0 Å². The molecule has 0 aliphatic rings. The molecule has 2 N–H and O–H groups in total. The van der Waals surface area contributed by atoms with Gasteiger partial charge < -0.3 is 10.6 Å². The zero-order valence-electron chi connectivity index (χ0n) is 8.81. The van der Waals surface area contributed by atoms with Crippen molar-refractivity contribution >= 4 is 34.9 Å². The minimum atomic E-state index is -0.487. The fourth-order valence-electron chi connectivity index (χ4n) is 1.14. The van der Waals surface area contributed by atoms with Crippen LogP contribution in [0, 0.1) is 0 Å². The monoisotopic (exact) mass is 263 g/mol. The van der Waals surface area contributed by atoms with Crippen molar-refractivity contribution in [3.63, 3.8) is 0 Å². The molecule has 8 heteroatoms. The maximum Gasteiger partial charge on any atom is 0.245 e. The summed E-state index contributed by atoms with van der Waals surface area (Å²) >= 11 is 11.4. The molecule has 1 heterocycles. The van der Waals surface area contributed by atoms with Gasteiger partial charge in [-0.25, -0.2) is 0 Å². The standard InChI is InChI=1S/C8H11Cl2N5O/c1-4(2)15(3-5(11)16)7-6(9)13-14-8(10)12-7/h4H,3H2,1-2H3,(H2,11,16). The van der Waals surface area contributed by atoms with Gasteiger partial charge in [-0.2, -0.15) is 4.98 Å². The van der Waals surface area contributed by atoms with Gasteiger partial charge in [0.25, 0.3) is 0 Å². The van der Waals surface area contributed by atoms with Gasteiger partial charge >= 0.3 is 0 Å². The van der Waals surface area contributed by atoms with E-state index in [4.69, 9.17) is 28.9 Å². The Kier molecular flexibility index (Phi) is 4.26. The maximum atomic E-state index is 10.9. The Morgan fingerprint density at radius 1 is 1.44 bits per heavy atom. The molecule has 0 radical (unpaired) electrons. The smallest absolute Gasteiger partial charge is 0.245 e. The second kappa shape index (κ2) is 5.27. The normalized spacial score (nSPS) is 10.6.